The number of aromatic nitrogens is 2. The number of unbranched alkanes of at least 4 members (excludes halogenated alkanes) is 2. The molecule has 0 radical (unpaired) electrons. The first-order valence-corrected chi connectivity index (χ1v) is 7.39. The second-order valence-electron chi connectivity index (χ2n) is 5.54. The Bertz CT molecular complexity index is 632. The highest BCUT2D eigenvalue weighted by molar-refractivity contribution is 6.01. The molecule has 1 aromatic carbocycles. The number of fused-ring (bicyclic) bond motifs is 1. The third-order valence-electron chi connectivity index (χ3n) is 3.58. The monoisotopic (exact) mass is 290 g/mol. The third-order valence-corrected chi connectivity index (χ3v) is 3.58. The molecular weight excluding hydrogens is 268 g/mol. The lowest BCUT2D eigenvalue weighted by Gasteiger charge is -2.12. The van der Waals surface area contributed by atoms with Crippen LogP contribution in [-0.2, 0) is 6.54 Å². The molecule has 0 aliphatic rings. The molecule has 0 saturated heterocycles. The molecule has 2 N–H and O–H groups in total. The van der Waals surface area contributed by atoms with E-state index in [0.29, 0.717) is 11.1 Å². The number of benzene rings is 1. The van der Waals surface area contributed by atoms with Gasteiger partial charge in [-0.2, -0.15) is 0 Å². The number of hydrogen-bond acceptors (Lipinski definition) is 3. The van der Waals surface area contributed by atoms with Gasteiger partial charge in [-0.05, 0) is 31.4 Å². The molecule has 0 fully saturated rings. The molecule has 0 bridgehead atoms. The third kappa shape index (κ3) is 3.24. The van der Waals surface area contributed by atoms with E-state index in [2.05, 4.69) is 18.8 Å². The molecule has 0 aliphatic carbocycles. The summed E-state index contributed by atoms with van der Waals surface area (Å²) in [6.07, 6.45) is 2.60. The zero-order chi connectivity index (χ0) is 15.4. The van der Waals surface area contributed by atoms with E-state index < -0.39 is 5.97 Å². The lowest BCUT2D eigenvalue weighted by molar-refractivity contribution is 0.0698. The maximum Gasteiger partial charge on any atom is 0.337 e. The van der Waals surface area contributed by atoms with Crippen LogP contribution in [0.1, 0.15) is 55.2 Å². The van der Waals surface area contributed by atoms with Gasteiger partial charge in [0.2, 0.25) is 0 Å². The number of aromatic carboxylic acids is 1. The van der Waals surface area contributed by atoms with Gasteiger partial charge < -0.3 is 14.8 Å². The van der Waals surface area contributed by atoms with Gasteiger partial charge in [-0.1, -0.05) is 19.9 Å². The van der Waals surface area contributed by atoms with Crippen LogP contribution in [0.15, 0.2) is 18.2 Å². The summed E-state index contributed by atoms with van der Waals surface area (Å²) in [7, 11) is 0. The van der Waals surface area contributed by atoms with Crippen LogP contribution in [0.5, 0.6) is 0 Å². The summed E-state index contributed by atoms with van der Waals surface area (Å²) in [4.78, 5) is 16.1. The normalized spacial score (nSPS) is 11.4. The quantitative estimate of drug-likeness (QED) is 0.769. The Morgan fingerprint density at radius 1 is 1.29 bits per heavy atom. The largest absolute Gasteiger partial charge is 0.478 e. The summed E-state index contributed by atoms with van der Waals surface area (Å²) in [5.41, 5.74) is 1.74. The van der Waals surface area contributed by atoms with Crippen LogP contribution >= 0.6 is 0 Å². The van der Waals surface area contributed by atoms with Crippen LogP contribution < -0.4 is 0 Å². The molecule has 0 saturated carbocycles. The number of nitrogens with zero attached hydrogens (tertiary/aromatic N) is 2. The van der Waals surface area contributed by atoms with Crippen molar-refractivity contribution >= 4 is 17.0 Å². The molecule has 114 valence electrons. The van der Waals surface area contributed by atoms with E-state index in [1.54, 1.807) is 12.1 Å². The maximum atomic E-state index is 11.4. The van der Waals surface area contributed by atoms with E-state index >= 15 is 0 Å². The number of aliphatic hydroxyl groups is 1. The lowest BCUT2D eigenvalue weighted by Crippen LogP contribution is -2.08. The molecular formula is C16H22N2O3. The maximum absolute atomic E-state index is 11.4. The van der Waals surface area contributed by atoms with Crippen LogP contribution in [0.4, 0.5) is 0 Å². The zero-order valence-corrected chi connectivity index (χ0v) is 12.5. The summed E-state index contributed by atoms with van der Waals surface area (Å²) in [6.45, 7) is 5.05. The number of aliphatic hydroxyl groups excluding tert-OH is 1. The average molecular weight is 290 g/mol. The molecule has 1 aromatic heterocycles. The predicted octanol–water partition coefficient (Wildman–Crippen LogP) is 3.02. The Labute approximate surface area is 124 Å². The van der Waals surface area contributed by atoms with Crippen molar-refractivity contribution in [1.82, 2.24) is 9.55 Å². The van der Waals surface area contributed by atoms with Gasteiger partial charge in [-0.3, -0.25) is 0 Å². The van der Waals surface area contributed by atoms with Crippen molar-refractivity contribution in [2.24, 2.45) is 0 Å². The second kappa shape index (κ2) is 6.72. The number of carbonyl (C=O) groups is 1. The predicted molar refractivity (Wildman–Crippen MR) is 81.7 cm³/mol. The molecule has 0 unspecified atom stereocenters. The highest BCUT2D eigenvalue weighted by atomic mass is 16.4. The van der Waals surface area contributed by atoms with Crippen molar-refractivity contribution < 1.29 is 15.0 Å². The van der Waals surface area contributed by atoms with Gasteiger partial charge in [0.15, 0.2) is 0 Å². The highest BCUT2D eigenvalue weighted by Crippen LogP contribution is 2.25. The van der Waals surface area contributed by atoms with Crippen molar-refractivity contribution in [3.63, 3.8) is 0 Å². The fourth-order valence-corrected chi connectivity index (χ4v) is 2.60. The average Bonchev–Trinajstić information content (AvgIpc) is 2.82. The zero-order valence-electron chi connectivity index (χ0n) is 12.5. The number of rotatable bonds is 7. The molecule has 0 aliphatic heterocycles. The van der Waals surface area contributed by atoms with Crippen molar-refractivity contribution in [3.8, 4) is 0 Å². The lowest BCUT2D eigenvalue weighted by atomic mass is 10.1. The van der Waals surface area contributed by atoms with Gasteiger partial charge in [0.25, 0.3) is 0 Å². The van der Waals surface area contributed by atoms with Gasteiger partial charge in [0.1, 0.15) is 5.82 Å². The van der Waals surface area contributed by atoms with E-state index in [1.165, 1.54) is 0 Å². The van der Waals surface area contributed by atoms with Crippen LogP contribution in [-0.4, -0.2) is 32.3 Å². The van der Waals surface area contributed by atoms with E-state index in [-0.39, 0.29) is 12.5 Å². The second-order valence-corrected chi connectivity index (χ2v) is 5.54. The highest BCUT2D eigenvalue weighted by Gasteiger charge is 2.18. The number of carboxylic acids is 1. The van der Waals surface area contributed by atoms with Gasteiger partial charge >= 0.3 is 5.97 Å². The van der Waals surface area contributed by atoms with Crippen molar-refractivity contribution in [1.29, 1.82) is 0 Å². The first kappa shape index (κ1) is 15.5. The van der Waals surface area contributed by atoms with Gasteiger partial charge in [-0.15, -0.1) is 0 Å². The van der Waals surface area contributed by atoms with Gasteiger partial charge in [0.05, 0.1) is 16.6 Å². The Morgan fingerprint density at radius 2 is 2.05 bits per heavy atom. The van der Waals surface area contributed by atoms with Crippen molar-refractivity contribution in [2.75, 3.05) is 6.61 Å². The number of hydrogen-bond donors (Lipinski definition) is 2. The molecule has 0 spiro atoms. The molecule has 0 atom stereocenters. The first-order valence-electron chi connectivity index (χ1n) is 7.39. The SMILES string of the molecule is CC(C)c1nc2cccc(C(=O)O)c2n1CCCCCO. The summed E-state index contributed by atoms with van der Waals surface area (Å²) < 4.78 is 2.03. The standard InChI is InChI=1S/C16H22N2O3/c1-11(2)15-17-13-8-6-7-12(16(20)21)14(13)18(15)9-4-3-5-10-19/h6-8,11,19H,3-5,9-10H2,1-2H3,(H,20,21). The fourth-order valence-electron chi connectivity index (χ4n) is 2.60. The van der Waals surface area contributed by atoms with Crippen LogP contribution in [0.25, 0.3) is 11.0 Å². The molecule has 5 nitrogen and oxygen atoms in total. The molecule has 5 heteroatoms. The minimum Gasteiger partial charge on any atom is -0.478 e. The Morgan fingerprint density at radius 3 is 2.67 bits per heavy atom. The Kier molecular flexibility index (Phi) is 4.96. The van der Waals surface area contributed by atoms with E-state index in [0.717, 1.165) is 37.1 Å². The molecule has 2 rings (SSSR count). The summed E-state index contributed by atoms with van der Waals surface area (Å²) in [5, 5.41) is 18.2. The fraction of sp³-hybridized carbons (Fsp3) is 0.500. The molecule has 1 heterocycles. The van der Waals surface area contributed by atoms with Crippen molar-refractivity contribution in [3.05, 3.63) is 29.6 Å². The van der Waals surface area contributed by atoms with Crippen LogP contribution in [0.3, 0.4) is 0 Å². The smallest absolute Gasteiger partial charge is 0.337 e. The Hall–Kier alpha value is -1.88. The van der Waals surface area contributed by atoms with Crippen LogP contribution in [0.2, 0.25) is 0 Å². The number of aryl methyl sites for hydroxylation is 1. The minimum atomic E-state index is -0.924. The summed E-state index contributed by atoms with van der Waals surface area (Å²) >= 11 is 0. The Balaban J connectivity index is 2.47. The van der Waals surface area contributed by atoms with E-state index in [4.69, 9.17) is 5.11 Å². The molecule has 2 aromatic rings. The van der Waals surface area contributed by atoms with Gasteiger partial charge in [-0.25, -0.2) is 9.78 Å². The number of carboxylic acid groups (broad SMARTS) is 1. The summed E-state index contributed by atoms with van der Waals surface area (Å²) in [5.74, 6) is 0.229. The number of imidazole rings is 1. The van der Waals surface area contributed by atoms with Gasteiger partial charge in [0, 0.05) is 19.1 Å². The summed E-state index contributed by atoms with van der Waals surface area (Å²) in [6, 6.07) is 5.22. The van der Waals surface area contributed by atoms with Crippen LogP contribution in [0, 0.1) is 0 Å². The molecule has 21 heavy (non-hydrogen) atoms. The number of para-hydroxylation sites is 1. The first-order chi connectivity index (χ1) is 10.1. The minimum absolute atomic E-state index is 0.197. The van der Waals surface area contributed by atoms with E-state index in [9.17, 15) is 9.90 Å². The molecule has 0 amide bonds. The van der Waals surface area contributed by atoms with E-state index in [1.807, 2.05) is 10.6 Å². The van der Waals surface area contributed by atoms with Crippen molar-refractivity contribution in [2.45, 2.75) is 45.6 Å². The topological polar surface area (TPSA) is 75.3 Å².